The van der Waals surface area contributed by atoms with Gasteiger partial charge in [-0.1, -0.05) is 17.4 Å². The van der Waals surface area contributed by atoms with E-state index in [4.69, 9.17) is 0 Å². The van der Waals surface area contributed by atoms with Gasteiger partial charge in [0.05, 0.1) is 5.69 Å². The van der Waals surface area contributed by atoms with Gasteiger partial charge in [-0.05, 0) is 31.0 Å². The van der Waals surface area contributed by atoms with Crippen molar-refractivity contribution in [2.75, 3.05) is 21.5 Å². The molecule has 0 radical (unpaired) electrons. The molecule has 0 atom stereocenters. The first-order valence-electron chi connectivity index (χ1n) is 7.81. The molecule has 0 spiro atoms. The number of carbonyl (C=O) groups excluding carboxylic acids is 2. The van der Waals surface area contributed by atoms with Crippen LogP contribution in [0, 0.1) is 6.92 Å². The fourth-order valence-electron chi connectivity index (χ4n) is 2.58. The molecule has 2 aromatic rings. The number of sulfonamides is 1. The molecule has 1 aliphatic rings. The molecule has 1 aromatic heterocycles. The van der Waals surface area contributed by atoms with E-state index < -0.39 is 10.0 Å². The van der Waals surface area contributed by atoms with E-state index in [1.165, 1.54) is 6.92 Å². The molecule has 0 unspecified atom stereocenters. The minimum absolute atomic E-state index is 0.0252. The Balaban J connectivity index is 1.84. The highest BCUT2D eigenvalue weighted by atomic mass is 32.2. The predicted octanol–water partition coefficient (Wildman–Crippen LogP) is 1.73. The molecule has 3 rings (SSSR count). The van der Waals surface area contributed by atoms with Gasteiger partial charge in [-0.3, -0.25) is 14.3 Å². The Morgan fingerprint density at radius 1 is 1.31 bits per heavy atom. The number of anilines is 3. The van der Waals surface area contributed by atoms with Gasteiger partial charge in [-0.25, -0.2) is 0 Å². The Kier molecular flexibility index (Phi) is 4.92. The van der Waals surface area contributed by atoms with E-state index in [1.54, 1.807) is 23.1 Å². The van der Waals surface area contributed by atoms with Crippen molar-refractivity contribution >= 4 is 49.7 Å². The first-order valence-corrected chi connectivity index (χ1v) is 10.1. The molecule has 2 N–H and O–H groups in total. The van der Waals surface area contributed by atoms with Gasteiger partial charge in [-0.15, -0.1) is 10.2 Å². The summed E-state index contributed by atoms with van der Waals surface area (Å²) in [6.45, 7) is 3.78. The summed E-state index contributed by atoms with van der Waals surface area (Å²) in [5.74, 6) is -0.339. The normalized spacial score (nSPS) is 14.5. The minimum Gasteiger partial charge on any atom is -0.312 e. The van der Waals surface area contributed by atoms with E-state index in [1.807, 2.05) is 6.92 Å². The molecule has 0 bridgehead atoms. The Labute approximate surface area is 154 Å². The second kappa shape index (κ2) is 7.00. The monoisotopic (exact) mass is 395 g/mol. The van der Waals surface area contributed by atoms with Gasteiger partial charge in [0, 0.05) is 25.6 Å². The number of nitrogens with one attached hydrogen (secondary N) is 2. The van der Waals surface area contributed by atoms with Crippen molar-refractivity contribution in [3.63, 3.8) is 0 Å². The number of rotatable bonds is 5. The van der Waals surface area contributed by atoms with Crippen LogP contribution < -0.4 is 14.9 Å². The van der Waals surface area contributed by atoms with Crippen LogP contribution in [0.3, 0.4) is 0 Å². The van der Waals surface area contributed by atoms with E-state index in [0.717, 1.165) is 23.3 Å². The highest BCUT2D eigenvalue weighted by Crippen LogP contribution is 2.29. The van der Waals surface area contributed by atoms with Crippen molar-refractivity contribution in [1.29, 1.82) is 0 Å². The summed E-state index contributed by atoms with van der Waals surface area (Å²) in [7, 11) is -3.95. The fourth-order valence-corrected chi connectivity index (χ4v) is 4.58. The van der Waals surface area contributed by atoms with Crippen LogP contribution in [0.2, 0.25) is 0 Å². The quantitative estimate of drug-likeness (QED) is 0.744. The Hall–Kier alpha value is -2.53. The number of aromatic nitrogens is 2. The van der Waals surface area contributed by atoms with Crippen LogP contribution in [-0.2, 0) is 19.6 Å². The zero-order valence-electron chi connectivity index (χ0n) is 14.1. The van der Waals surface area contributed by atoms with Crippen LogP contribution in [0.1, 0.15) is 25.3 Å². The van der Waals surface area contributed by atoms with Crippen molar-refractivity contribution < 1.29 is 18.0 Å². The van der Waals surface area contributed by atoms with Gasteiger partial charge < -0.3 is 10.2 Å². The van der Waals surface area contributed by atoms with Crippen LogP contribution in [0.15, 0.2) is 22.5 Å². The zero-order valence-corrected chi connectivity index (χ0v) is 15.8. The van der Waals surface area contributed by atoms with Crippen LogP contribution in [-0.4, -0.2) is 37.0 Å². The number of hydrogen-bond acceptors (Lipinski definition) is 7. The van der Waals surface area contributed by atoms with Gasteiger partial charge in [0.15, 0.2) is 0 Å². The maximum atomic E-state index is 12.5. The molecule has 1 saturated heterocycles. The third-order valence-corrected chi connectivity index (χ3v) is 6.33. The first-order chi connectivity index (χ1) is 12.3. The lowest BCUT2D eigenvalue weighted by atomic mass is 10.1. The van der Waals surface area contributed by atoms with Crippen LogP contribution in [0.4, 0.5) is 16.5 Å². The largest absolute Gasteiger partial charge is 0.312 e. The van der Waals surface area contributed by atoms with E-state index in [0.29, 0.717) is 24.3 Å². The average Bonchev–Trinajstić information content (AvgIpc) is 3.18. The lowest BCUT2D eigenvalue weighted by molar-refractivity contribution is -0.117. The maximum absolute atomic E-state index is 12.5. The number of amides is 2. The van der Waals surface area contributed by atoms with Crippen LogP contribution in [0.5, 0.6) is 0 Å². The van der Waals surface area contributed by atoms with Gasteiger partial charge in [0.25, 0.3) is 14.4 Å². The first kappa shape index (κ1) is 18.3. The molecule has 0 aliphatic carbocycles. The van der Waals surface area contributed by atoms with E-state index in [2.05, 4.69) is 20.2 Å². The van der Waals surface area contributed by atoms with Crippen molar-refractivity contribution in [1.82, 2.24) is 10.2 Å². The molecule has 0 saturated carbocycles. The van der Waals surface area contributed by atoms with Crippen molar-refractivity contribution in [2.45, 2.75) is 31.0 Å². The molecule has 11 heteroatoms. The van der Waals surface area contributed by atoms with E-state index in [9.17, 15) is 18.0 Å². The second-order valence-corrected chi connectivity index (χ2v) is 8.64. The summed E-state index contributed by atoms with van der Waals surface area (Å²) >= 11 is 0.751. The van der Waals surface area contributed by atoms with Crippen LogP contribution in [0.25, 0.3) is 0 Å². The molecule has 138 valence electrons. The van der Waals surface area contributed by atoms with Crippen molar-refractivity contribution in [3.8, 4) is 0 Å². The Morgan fingerprint density at radius 3 is 2.73 bits per heavy atom. The molecule has 9 nitrogen and oxygen atoms in total. The van der Waals surface area contributed by atoms with Crippen LogP contribution >= 0.6 is 11.3 Å². The summed E-state index contributed by atoms with van der Waals surface area (Å²) in [5, 5.41) is 9.73. The standard InChI is InChI=1S/C15H17N5O4S2/c1-9-5-6-11(8-12(9)20-7-3-4-13(20)22)19-26(23,24)15-18-17-14(25-15)16-10(2)21/h5-6,8,19H,3-4,7H2,1-2H3,(H,16,17,21). The van der Waals surface area contributed by atoms with Crippen molar-refractivity contribution in [2.24, 2.45) is 0 Å². The topological polar surface area (TPSA) is 121 Å². The highest BCUT2D eigenvalue weighted by Gasteiger charge is 2.25. The number of benzene rings is 1. The Bertz CT molecular complexity index is 970. The number of carbonyl (C=O) groups is 2. The highest BCUT2D eigenvalue weighted by molar-refractivity contribution is 7.94. The number of aryl methyl sites for hydroxylation is 1. The van der Waals surface area contributed by atoms with Crippen molar-refractivity contribution in [3.05, 3.63) is 23.8 Å². The molecule has 1 fully saturated rings. The zero-order chi connectivity index (χ0) is 18.9. The van der Waals surface area contributed by atoms with Gasteiger partial charge >= 0.3 is 0 Å². The number of nitrogens with zero attached hydrogens (tertiary/aromatic N) is 3. The second-order valence-electron chi connectivity index (χ2n) is 5.81. The number of hydrogen-bond donors (Lipinski definition) is 2. The summed E-state index contributed by atoms with van der Waals surface area (Å²) < 4.78 is 27.1. The summed E-state index contributed by atoms with van der Waals surface area (Å²) in [5.41, 5.74) is 1.89. The maximum Gasteiger partial charge on any atom is 0.291 e. The lowest BCUT2D eigenvalue weighted by Crippen LogP contribution is -2.24. The molecule has 1 aliphatic heterocycles. The summed E-state index contributed by atoms with van der Waals surface area (Å²) in [4.78, 5) is 24.6. The van der Waals surface area contributed by atoms with E-state index in [-0.39, 0.29) is 21.3 Å². The molecule has 1 aromatic carbocycles. The predicted molar refractivity (Wildman–Crippen MR) is 97.8 cm³/mol. The molecule has 2 amide bonds. The smallest absolute Gasteiger partial charge is 0.291 e. The minimum atomic E-state index is -3.95. The summed E-state index contributed by atoms with van der Waals surface area (Å²) in [6, 6.07) is 5.00. The average molecular weight is 395 g/mol. The van der Waals surface area contributed by atoms with E-state index >= 15 is 0 Å². The third-order valence-electron chi connectivity index (χ3n) is 3.74. The fraction of sp³-hybridized carbons (Fsp3) is 0.333. The lowest BCUT2D eigenvalue weighted by Gasteiger charge is -2.19. The van der Waals surface area contributed by atoms with Gasteiger partial charge in [0.2, 0.25) is 16.9 Å². The SMILES string of the molecule is CC(=O)Nc1nnc(S(=O)(=O)Nc2ccc(C)c(N3CCCC3=O)c2)s1. The molecule has 2 heterocycles. The Morgan fingerprint density at radius 2 is 2.08 bits per heavy atom. The molecular formula is C15H17N5O4S2. The molecular weight excluding hydrogens is 378 g/mol. The summed E-state index contributed by atoms with van der Waals surface area (Å²) in [6.07, 6.45) is 1.27. The molecule has 26 heavy (non-hydrogen) atoms. The van der Waals surface area contributed by atoms with Gasteiger partial charge in [-0.2, -0.15) is 8.42 Å². The third kappa shape index (κ3) is 3.83. The van der Waals surface area contributed by atoms with Gasteiger partial charge in [0.1, 0.15) is 0 Å².